The Hall–Kier alpha value is -2.26. The summed E-state index contributed by atoms with van der Waals surface area (Å²) in [6, 6.07) is 7.63. The topological polar surface area (TPSA) is 82.2 Å². The van der Waals surface area contributed by atoms with E-state index in [1.807, 2.05) is 24.3 Å². The van der Waals surface area contributed by atoms with Gasteiger partial charge in [-0.05, 0) is 24.3 Å². The van der Waals surface area contributed by atoms with Gasteiger partial charge in [-0.2, -0.15) is 0 Å². The van der Waals surface area contributed by atoms with Crippen LogP contribution >= 0.6 is 11.8 Å². The molecule has 0 aromatic heterocycles. The van der Waals surface area contributed by atoms with Gasteiger partial charge in [-0.15, -0.1) is 11.8 Å². The second-order valence-electron chi connectivity index (χ2n) is 6.51. The van der Waals surface area contributed by atoms with E-state index in [9.17, 15) is 14.4 Å². The average molecular weight is 392 g/mol. The molecule has 146 valence electrons. The highest BCUT2D eigenvalue weighted by molar-refractivity contribution is 8.00. The second kappa shape index (κ2) is 9.09. The predicted molar refractivity (Wildman–Crippen MR) is 105 cm³/mol. The number of carbonyl (C=O) groups excluding carboxylic acids is 3. The average Bonchev–Trinajstić information content (AvgIpc) is 3.07. The minimum atomic E-state index is -0.271. The number of benzene rings is 1. The zero-order valence-corrected chi connectivity index (χ0v) is 16.2. The van der Waals surface area contributed by atoms with E-state index in [4.69, 9.17) is 4.74 Å². The monoisotopic (exact) mass is 392 g/mol. The summed E-state index contributed by atoms with van der Waals surface area (Å²) >= 11 is 1.49. The molecule has 2 heterocycles. The molecule has 3 rings (SSSR count). The number of thioether (sulfide) groups is 1. The highest BCUT2D eigenvalue weighted by Gasteiger charge is 2.24. The number of hydrogen-bond acceptors (Lipinski definition) is 6. The first-order chi connectivity index (χ1) is 13.0. The Kier molecular flexibility index (Phi) is 6.57. The van der Waals surface area contributed by atoms with Crippen molar-refractivity contribution in [3.63, 3.8) is 0 Å². The van der Waals surface area contributed by atoms with E-state index in [1.54, 1.807) is 7.05 Å². The summed E-state index contributed by atoms with van der Waals surface area (Å²) in [7, 11) is 1.57. The molecule has 2 fully saturated rings. The molecule has 0 bridgehead atoms. The van der Waals surface area contributed by atoms with Crippen LogP contribution in [0.2, 0.25) is 0 Å². The van der Waals surface area contributed by atoms with Gasteiger partial charge in [0.05, 0.1) is 31.4 Å². The van der Waals surface area contributed by atoms with Gasteiger partial charge in [0.25, 0.3) is 0 Å². The third-order valence-electron chi connectivity index (χ3n) is 4.49. The van der Waals surface area contributed by atoms with Crippen LogP contribution in [0, 0.1) is 0 Å². The third kappa shape index (κ3) is 5.36. The number of nitrogens with zero attached hydrogens (tertiary/aromatic N) is 3. The molecule has 1 aromatic carbocycles. The first-order valence-corrected chi connectivity index (χ1v) is 10.0. The van der Waals surface area contributed by atoms with Gasteiger partial charge in [-0.25, -0.2) is 0 Å². The Morgan fingerprint density at radius 2 is 1.93 bits per heavy atom. The predicted octanol–water partition coefficient (Wildman–Crippen LogP) is 0.453. The maximum absolute atomic E-state index is 12.2. The molecule has 0 aliphatic carbocycles. The molecule has 27 heavy (non-hydrogen) atoms. The van der Waals surface area contributed by atoms with Gasteiger partial charge >= 0.3 is 0 Å². The van der Waals surface area contributed by atoms with E-state index in [1.165, 1.54) is 21.6 Å². The summed E-state index contributed by atoms with van der Waals surface area (Å²) in [5, 5.41) is 2.80. The van der Waals surface area contributed by atoms with Gasteiger partial charge in [-0.3, -0.25) is 14.4 Å². The number of carbonyl (C=O) groups is 3. The second-order valence-corrected chi connectivity index (χ2v) is 7.47. The molecule has 2 aliphatic rings. The van der Waals surface area contributed by atoms with E-state index < -0.39 is 0 Å². The summed E-state index contributed by atoms with van der Waals surface area (Å²) < 4.78 is 5.35. The lowest BCUT2D eigenvalue weighted by atomic mass is 10.2. The number of nitrogens with one attached hydrogen (secondary N) is 1. The van der Waals surface area contributed by atoms with Crippen molar-refractivity contribution in [1.82, 2.24) is 9.80 Å². The number of likely N-dealkylation sites (N-methyl/N-ethyl adjacent to an activating group) is 1. The van der Waals surface area contributed by atoms with Crippen LogP contribution in [0.5, 0.6) is 0 Å². The lowest BCUT2D eigenvalue weighted by Gasteiger charge is -2.29. The third-order valence-corrected chi connectivity index (χ3v) is 5.43. The smallest absolute Gasteiger partial charge is 0.243 e. The highest BCUT2D eigenvalue weighted by Crippen LogP contribution is 2.19. The largest absolute Gasteiger partial charge is 0.378 e. The van der Waals surface area contributed by atoms with Gasteiger partial charge in [-0.1, -0.05) is 0 Å². The Morgan fingerprint density at radius 1 is 1.22 bits per heavy atom. The molecule has 1 aromatic rings. The molecule has 1 N–H and O–H groups in total. The molecule has 0 unspecified atom stereocenters. The molecular formula is C18H24N4O4S. The van der Waals surface area contributed by atoms with Crippen LogP contribution in [0.4, 0.5) is 11.4 Å². The summed E-state index contributed by atoms with van der Waals surface area (Å²) in [6.45, 7) is 3.12. The molecule has 0 radical (unpaired) electrons. The molecule has 3 amide bonds. The van der Waals surface area contributed by atoms with Crippen LogP contribution in [-0.4, -0.2) is 85.6 Å². The van der Waals surface area contributed by atoms with E-state index >= 15 is 0 Å². The minimum Gasteiger partial charge on any atom is -0.378 e. The first-order valence-electron chi connectivity index (χ1n) is 8.85. The number of anilines is 2. The molecule has 0 atom stereocenters. The summed E-state index contributed by atoms with van der Waals surface area (Å²) in [4.78, 5) is 41.0. The molecule has 8 nitrogen and oxygen atoms in total. The molecule has 2 saturated heterocycles. The van der Waals surface area contributed by atoms with Crippen molar-refractivity contribution in [3.05, 3.63) is 24.3 Å². The van der Waals surface area contributed by atoms with Gasteiger partial charge in [0, 0.05) is 31.5 Å². The Balaban J connectivity index is 1.46. The lowest BCUT2D eigenvalue weighted by Crippen LogP contribution is -2.42. The van der Waals surface area contributed by atoms with Crippen molar-refractivity contribution < 1.29 is 19.1 Å². The van der Waals surface area contributed by atoms with Crippen molar-refractivity contribution in [2.45, 2.75) is 0 Å². The fourth-order valence-electron chi connectivity index (χ4n) is 2.91. The SMILES string of the molecule is CN(CC(=O)Nc1ccc(N2CCOCC2)cc1)C(=O)CN1CSCC1=O. The molecule has 9 heteroatoms. The van der Waals surface area contributed by atoms with E-state index in [2.05, 4.69) is 10.2 Å². The van der Waals surface area contributed by atoms with Crippen LogP contribution in [0.3, 0.4) is 0 Å². The van der Waals surface area contributed by atoms with Crippen LogP contribution < -0.4 is 10.2 Å². The number of hydrogen-bond donors (Lipinski definition) is 1. The lowest BCUT2D eigenvalue weighted by molar-refractivity contribution is -0.138. The zero-order chi connectivity index (χ0) is 19.2. The summed E-state index contributed by atoms with van der Waals surface area (Å²) in [5.74, 6) is 0.389. The molecular weight excluding hydrogens is 368 g/mol. The van der Waals surface area contributed by atoms with Crippen LogP contribution in [0.1, 0.15) is 0 Å². The zero-order valence-electron chi connectivity index (χ0n) is 15.3. The maximum atomic E-state index is 12.2. The van der Waals surface area contributed by atoms with Crippen LogP contribution in [0.15, 0.2) is 24.3 Å². The van der Waals surface area contributed by atoms with Gasteiger partial charge in [0.1, 0.15) is 6.54 Å². The standard InChI is InChI=1S/C18H24N4O4S/c1-20(17(24)11-22-13-27-12-18(22)25)10-16(23)19-14-2-4-15(5-3-14)21-6-8-26-9-7-21/h2-5H,6-13H2,1H3,(H,19,23). The Morgan fingerprint density at radius 3 is 2.56 bits per heavy atom. The van der Waals surface area contributed by atoms with Crippen LogP contribution in [-0.2, 0) is 19.1 Å². The molecule has 0 saturated carbocycles. The summed E-state index contributed by atoms with van der Waals surface area (Å²) in [6.07, 6.45) is 0. The normalized spacial score (nSPS) is 17.1. The summed E-state index contributed by atoms with van der Waals surface area (Å²) in [5.41, 5.74) is 1.78. The molecule has 0 spiro atoms. The van der Waals surface area contributed by atoms with Gasteiger partial charge < -0.3 is 24.8 Å². The van der Waals surface area contributed by atoms with E-state index in [-0.39, 0.29) is 30.8 Å². The highest BCUT2D eigenvalue weighted by atomic mass is 32.2. The van der Waals surface area contributed by atoms with Crippen molar-refractivity contribution in [2.24, 2.45) is 0 Å². The Bertz CT molecular complexity index is 691. The van der Waals surface area contributed by atoms with E-state index in [0.29, 0.717) is 17.3 Å². The van der Waals surface area contributed by atoms with Crippen molar-refractivity contribution >= 4 is 40.9 Å². The maximum Gasteiger partial charge on any atom is 0.243 e. The number of rotatable bonds is 6. The fraction of sp³-hybridized carbons (Fsp3) is 0.500. The number of morpholine rings is 1. The van der Waals surface area contributed by atoms with E-state index in [0.717, 1.165) is 32.0 Å². The van der Waals surface area contributed by atoms with Crippen molar-refractivity contribution in [3.8, 4) is 0 Å². The minimum absolute atomic E-state index is 0.0177. The Labute approximate surface area is 162 Å². The van der Waals surface area contributed by atoms with Gasteiger partial charge in [0.15, 0.2) is 0 Å². The number of ether oxygens (including phenoxy) is 1. The van der Waals surface area contributed by atoms with Crippen molar-refractivity contribution in [1.29, 1.82) is 0 Å². The molecule has 2 aliphatic heterocycles. The quantitative estimate of drug-likeness (QED) is 0.757. The fourth-order valence-corrected chi connectivity index (χ4v) is 3.81. The first kappa shape index (κ1) is 19.5. The number of amides is 3. The van der Waals surface area contributed by atoms with Gasteiger partial charge in [0.2, 0.25) is 17.7 Å². The van der Waals surface area contributed by atoms with Crippen molar-refractivity contribution in [2.75, 3.05) is 68.3 Å². The van der Waals surface area contributed by atoms with Crippen LogP contribution in [0.25, 0.3) is 0 Å².